The van der Waals surface area contributed by atoms with Crippen LogP contribution >= 0.6 is 0 Å². The molecule has 1 amide bonds. The Hall–Kier alpha value is -3.34. The molecule has 0 bridgehead atoms. The van der Waals surface area contributed by atoms with Crippen LogP contribution in [0.5, 0.6) is 5.75 Å². The topological polar surface area (TPSA) is 64.9 Å². The summed E-state index contributed by atoms with van der Waals surface area (Å²) in [6.07, 6.45) is 2.77. The molecule has 1 heterocycles. The van der Waals surface area contributed by atoms with Gasteiger partial charge in [0.25, 0.3) is 5.91 Å². The lowest BCUT2D eigenvalue weighted by molar-refractivity contribution is 0.0952. The van der Waals surface area contributed by atoms with Gasteiger partial charge in [0.15, 0.2) is 0 Å². The van der Waals surface area contributed by atoms with Crippen LogP contribution < -0.4 is 10.3 Å². The average Bonchev–Trinajstić information content (AvgIpc) is 2.73. The second-order valence-electron chi connectivity index (χ2n) is 10.1. The maximum absolute atomic E-state index is 12.7. The van der Waals surface area contributed by atoms with E-state index in [1.807, 2.05) is 24.3 Å². The van der Waals surface area contributed by atoms with Gasteiger partial charge in [-0.25, -0.2) is 5.43 Å². The Balaban J connectivity index is 1.59. The van der Waals surface area contributed by atoms with Crippen LogP contribution in [0.4, 0.5) is 5.69 Å². The van der Waals surface area contributed by atoms with Crippen molar-refractivity contribution in [1.29, 1.82) is 0 Å². The maximum atomic E-state index is 12.7. The predicted molar refractivity (Wildman–Crippen MR) is 137 cm³/mol. The van der Waals surface area contributed by atoms with E-state index in [-0.39, 0.29) is 16.9 Å². The maximum Gasteiger partial charge on any atom is 0.275 e. The van der Waals surface area contributed by atoms with Crippen molar-refractivity contribution in [2.45, 2.75) is 65.5 Å². The van der Waals surface area contributed by atoms with Gasteiger partial charge >= 0.3 is 0 Å². The van der Waals surface area contributed by atoms with E-state index in [0.29, 0.717) is 12.0 Å². The van der Waals surface area contributed by atoms with Crippen molar-refractivity contribution in [2.75, 3.05) is 4.90 Å². The molecule has 1 atom stereocenters. The number of nitrogens with one attached hydrogen (secondary N) is 1. The highest BCUT2D eigenvalue weighted by Gasteiger charge is 2.37. The molecule has 5 heteroatoms. The number of fused-ring (bicyclic) bond motifs is 2. The van der Waals surface area contributed by atoms with Crippen LogP contribution in [0.3, 0.4) is 0 Å². The Bertz CT molecular complexity index is 1240. The van der Waals surface area contributed by atoms with Gasteiger partial charge in [0, 0.05) is 17.3 Å². The number of hydrazone groups is 1. The van der Waals surface area contributed by atoms with Crippen molar-refractivity contribution in [3.8, 4) is 5.75 Å². The number of carbonyl (C=O) groups is 1. The molecule has 1 aliphatic heterocycles. The van der Waals surface area contributed by atoms with Crippen LogP contribution in [0.1, 0.15) is 74.0 Å². The van der Waals surface area contributed by atoms with Gasteiger partial charge in [0.2, 0.25) is 0 Å². The summed E-state index contributed by atoms with van der Waals surface area (Å²) in [6, 6.07) is 15.7. The molecular weight excluding hydrogens is 410 g/mol. The van der Waals surface area contributed by atoms with Crippen molar-refractivity contribution >= 4 is 28.6 Å². The first-order valence-electron chi connectivity index (χ1n) is 11.6. The van der Waals surface area contributed by atoms with Crippen LogP contribution in [-0.2, 0) is 0 Å². The number of phenolic OH excluding ortho intramolecular Hbond substituents is 1. The zero-order valence-electron chi connectivity index (χ0n) is 20.3. The van der Waals surface area contributed by atoms with E-state index in [0.717, 1.165) is 28.3 Å². The van der Waals surface area contributed by atoms with Crippen molar-refractivity contribution in [1.82, 2.24) is 5.43 Å². The van der Waals surface area contributed by atoms with Gasteiger partial charge in [-0.15, -0.1) is 0 Å². The highest BCUT2D eigenvalue weighted by molar-refractivity contribution is 6.01. The molecule has 0 radical (unpaired) electrons. The summed E-state index contributed by atoms with van der Waals surface area (Å²) >= 11 is 0. The van der Waals surface area contributed by atoms with Gasteiger partial charge in [0.1, 0.15) is 5.75 Å². The first-order chi connectivity index (χ1) is 15.6. The summed E-state index contributed by atoms with van der Waals surface area (Å²) in [7, 11) is 0. The second-order valence-corrected chi connectivity index (χ2v) is 10.1. The van der Waals surface area contributed by atoms with E-state index in [1.54, 1.807) is 18.3 Å². The molecular formula is C28H33N3O2. The van der Waals surface area contributed by atoms with Gasteiger partial charge in [-0.3, -0.25) is 4.79 Å². The summed E-state index contributed by atoms with van der Waals surface area (Å²) in [5, 5.41) is 16.3. The quantitative estimate of drug-likeness (QED) is 0.377. The molecule has 0 spiro atoms. The highest BCUT2D eigenvalue weighted by atomic mass is 16.3. The number of hydrogen-bond acceptors (Lipinski definition) is 4. The first-order valence-corrected chi connectivity index (χ1v) is 11.6. The van der Waals surface area contributed by atoms with E-state index in [2.05, 4.69) is 69.1 Å². The lowest BCUT2D eigenvalue weighted by atomic mass is 9.78. The zero-order valence-corrected chi connectivity index (χ0v) is 20.3. The molecule has 0 unspecified atom stereocenters. The van der Waals surface area contributed by atoms with Crippen LogP contribution in [0.15, 0.2) is 53.6 Å². The van der Waals surface area contributed by atoms with Gasteiger partial charge in [0.05, 0.1) is 11.8 Å². The number of carbonyl (C=O) groups excluding carboxylic acids is 1. The Morgan fingerprint density at radius 3 is 2.52 bits per heavy atom. The molecule has 172 valence electrons. The molecule has 3 aromatic rings. The summed E-state index contributed by atoms with van der Waals surface area (Å²) in [4.78, 5) is 15.2. The molecule has 0 saturated heterocycles. The molecule has 0 aliphatic carbocycles. The monoisotopic (exact) mass is 443 g/mol. The number of nitrogens with zero attached hydrogens (tertiary/aromatic N) is 2. The van der Waals surface area contributed by atoms with Gasteiger partial charge < -0.3 is 10.0 Å². The van der Waals surface area contributed by atoms with E-state index >= 15 is 0 Å². The van der Waals surface area contributed by atoms with Crippen LogP contribution in [-0.4, -0.2) is 28.8 Å². The number of phenols is 1. The fraction of sp³-hybridized carbons (Fsp3) is 0.357. The third-order valence-corrected chi connectivity index (χ3v) is 6.66. The highest BCUT2D eigenvalue weighted by Crippen LogP contribution is 2.45. The minimum atomic E-state index is -0.439. The lowest BCUT2D eigenvalue weighted by Crippen LogP contribution is -2.51. The molecule has 0 saturated carbocycles. The zero-order chi connectivity index (χ0) is 23.9. The summed E-state index contributed by atoms with van der Waals surface area (Å²) in [5.74, 6) is -0.0651. The minimum absolute atomic E-state index is 0.0587. The fourth-order valence-electron chi connectivity index (χ4n) is 5.36. The first kappa shape index (κ1) is 22.8. The molecule has 3 aromatic carbocycles. The van der Waals surface area contributed by atoms with Crippen LogP contribution in [0.25, 0.3) is 10.8 Å². The standard InChI is InChI=1S/C28H33N3O2/c1-17(2)31-25-11-18(3)22(13-23(25)19(4)15-28(31,5)6)16-29-30-27(33)24-12-20-9-7-8-10-21(20)14-26(24)32/h7-14,16-17,19,32H,15H2,1-6H3,(H,30,33)/b29-16-/t19-/m1/s1. The van der Waals surface area contributed by atoms with Crippen molar-refractivity contribution in [3.63, 3.8) is 0 Å². The number of amides is 1. The Kier molecular flexibility index (Phi) is 5.91. The molecule has 33 heavy (non-hydrogen) atoms. The smallest absolute Gasteiger partial charge is 0.275 e. The van der Waals surface area contributed by atoms with Crippen molar-refractivity contribution in [3.05, 3.63) is 70.8 Å². The summed E-state index contributed by atoms with van der Waals surface area (Å²) < 4.78 is 0. The predicted octanol–water partition coefficient (Wildman–Crippen LogP) is 6.12. The third kappa shape index (κ3) is 4.32. The van der Waals surface area contributed by atoms with E-state index in [9.17, 15) is 9.90 Å². The third-order valence-electron chi connectivity index (χ3n) is 6.66. The normalized spacial score (nSPS) is 17.5. The molecule has 0 fully saturated rings. The largest absolute Gasteiger partial charge is 0.507 e. The SMILES string of the molecule is Cc1cc2c(cc1/C=N\NC(=O)c1cc3ccccc3cc1O)[C@H](C)CC(C)(C)N2C(C)C. The molecule has 4 rings (SSSR count). The Labute approximate surface area is 196 Å². The minimum Gasteiger partial charge on any atom is -0.507 e. The molecule has 0 aromatic heterocycles. The summed E-state index contributed by atoms with van der Waals surface area (Å²) in [5.41, 5.74) is 7.56. The van der Waals surface area contributed by atoms with Crippen molar-refractivity contribution < 1.29 is 9.90 Å². The number of hydrogen-bond donors (Lipinski definition) is 2. The number of rotatable bonds is 4. The molecule has 5 nitrogen and oxygen atoms in total. The lowest BCUT2D eigenvalue weighted by Gasteiger charge is -2.50. The van der Waals surface area contributed by atoms with Gasteiger partial charge in [-0.1, -0.05) is 31.2 Å². The number of anilines is 1. The summed E-state index contributed by atoms with van der Waals surface area (Å²) in [6.45, 7) is 13.5. The van der Waals surface area contributed by atoms with Gasteiger partial charge in [-0.2, -0.15) is 5.10 Å². The van der Waals surface area contributed by atoms with E-state index < -0.39 is 5.91 Å². The number of aromatic hydroxyl groups is 1. The van der Waals surface area contributed by atoms with Crippen LogP contribution in [0, 0.1) is 6.92 Å². The average molecular weight is 444 g/mol. The number of aryl methyl sites for hydroxylation is 1. The molecule has 2 N–H and O–H groups in total. The van der Waals surface area contributed by atoms with Crippen LogP contribution in [0.2, 0.25) is 0 Å². The van der Waals surface area contributed by atoms with Crippen molar-refractivity contribution in [2.24, 2.45) is 5.10 Å². The van der Waals surface area contributed by atoms with Gasteiger partial charge in [-0.05, 0) is 98.7 Å². The molecule has 1 aliphatic rings. The second kappa shape index (κ2) is 8.54. The Morgan fingerprint density at radius 2 is 1.85 bits per heavy atom. The number of benzene rings is 3. The Morgan fingerprint density at radius 1 is 1.18 bits per heavy atom. The van der Waals surface area contributed by atoms with E-state index in [4.69, 9.17) is 0 Å². The fourth-order valence-corrected chi connectivity index (χ4v) is 5.36. The van der Waals surface area contributed by atoms with E-state index in [1.165, 1.54) is 11.3 Å².